The fourth-order valence-electron chi connectivity index (χ4n) is 5.07. The Kier molecular flexibility index (Phi) is 13.3. The van der Waals surface area contributed by atoms with Crippen LogP contribution in [-0.4, -0.2) is 46.4 Å². The molecule has 0 aliphatic rings. The second-order valence-electron chi connectivity index (χ2n) is 13.0. The largest absolute Gasteiger partial charge is 0.444 e. The van der Waals surface area contributed by atoms with Gasteiger partial charge >= 0.3 is 6.09 Å². The van der Waals surface area contributed by atoms with Crippen molar-refractivity contribution in [3.05, 3.63) is 63.7 Å². The number of para-hydroxylation sites is 1. The van der Waals surface area contributed by atoms with Crippen LogP contribution in [0.2, 0.25) is 5.02 Å². The molecule has 0 fully saturated rings. The second kappa shape index (κ2) is 15.9. The molecule has 2 aromatic rings. The third kappa shape index (κ3) is 11.2. The first-order valence-electron chi connectivity index (χ1n) is 15.1. The van der Waals surface area contributed by atoms with Gasteiger partial charge < -0.3 is 26.0 Å². The molecule has 0 aromatic heterocycles. The number of halogens is 1. The third-order valence-electron chi connectivity index (χ3n) is 7.12. The lowest BCUT2D eigenvalue weighted by atomic mass is 9.94. The van der Waals surface area contributed by atoms with E-state index in [2.05, 4.69) is 24.5 Å². The summed E-state index contributed by atoms with van der Waals surface area (Å²) in [6, 6.07) is 8.39. The number of primary amides is 1. The number of rotatable bonds is 13. The first-order chi connectivity index (χ1) is 20.4. The molecule has 10 heteroatoms. The molecule has 4 N–H and O–H groups in total. The molecule has 4 amide bonds. The quantitative estimate of drug-likeness (QED) is 0.226. The maximum absolute atomic E-state index is 14.6. The number of anilines is 1. The topological polar surface area (TPSA) is 131 Å². The molecule has 0 aliphatic carbocycles. The number of benzene rings is 2. The number of nitrogens with two attached hydrogens (primary N) is 1. The van der Waals surface area contributed by atoms with Gasteiger partial charge in [-0.05, 0) is 90.8 Å². The standard InChI is InChI=1S/C34H49ClN4O5/c1-20(2)13-14-24(6)39(32(42)27(15-16-28(36)40)37-33(43)44-34(7,8)9)30(25-18-21(3)17-22(4)19-25)31(41)38-29-23(5)11-10-12-26(29)35/h10-12,17-20,24,27,30H,13-16H2,1-9H3,(H2,36,40)(H,37,43)(H,38,41). The maximum atomic E-state index is 14.6. The molecule has 44 heavy (non-hydrogen) atoms. The number of aryl methyl sites for hydroxylation is 3. The molecule has 0 saturated heterocycles. The van der Waals surface area contributed by atoms with Crippen molar-refractivity contribution in [1.29, 1.82) is 0 Å². The van der Waals surface area contributed by atoms with Gasteiger partial charge in [-0.1, -0.05) is 66.9 Å². The van der Waals surface area contributed by atoms with Crippen LogP contribution in [0.25, 0.3) is 0 Å². The van der Waals surface area contributed by atoms with E-state index in [1.165, 1.54) is 4.90 Å². The molecule has 3 unspecified atom stereocenters. The van der Waals surface area contributed by atoms with Crippen molar-refractivity contribution in [3.63, 3.8) is 0 Å². The average Bonchev–Trinajstić information content (AvgIpc) is 2.88. The lowest BCUT2D eigenvalue weighted by Crippen LogP contribution is -2.55. The van der Waals surface area contributed by atoms with Crippen LogP contribution in [-0.2, 0) is 19.1 Å². The highest BCUT2D eigenvalue weighted by Crippen LogP contribution is 2.32. The Balaban J connectivity index is 2.73. The molecule has 0 spiro atoms. The summed E-state index contributed by atoms with van der Waals surface area (Å²) in [4.78, 5) is 55.2. The van der Waals surface area contributed by atoms with Gasteiger partial charge in [-0.2, -0.15) is 0 Å². The van der Waals surface area contributed by atoms with Crippen LogP contribution in [0, 0.1) is 26.7 Å². The number of nitrogens with one attached hydrogen (secondary N) is 2. The van der Waals surface area contributed by atoms with Crippen LogP contribution in [0.4, 0.5) is 10.5 Å². The fraction of sp³-hybridized carbons (Fsp3) is 0.529. The van der Waals surface area contributed by atoms with Crippen LogP contribution < -0.4 is 16.4 Å². The van der Waals surface area contributed by atoms with E-state index < -0.39 is 47.5 Å². The normalized spacial score (nSPS) is 13.5. The Labute approximate surface area is 267 Å². The average molecular weight is 629 g/mol. The summed E-state index contributed by atoms with van der Waals surface area (Å²) in [7, 11) is 0. The van der Waals surface area contributed by atoms with Gasteiger partial charge in [0.05, 0.1) is 10.7 Å². The first kappa shape index (κ1) is 36.6. The number of nitrogens with zero attached hydrogens (tertiary/aromatic N) is 1. The summed E-state index contributed by atoms with van der Waals surface area (Å²) in [6.07, 6.45) is 0.360. The predicted molar refractivity (Wildman–Crippen MR) is 175 cm³/mol. The minimum absolute atomic E-state index is 0.0639. The summed E-state index contributed by atoms with van der Waals surface area (Å²) in [5.41, 5.74) is 8.31. The van der Waals surface area contributed by atoms with Gasteiger partial charge in [0.25, 0.3) is 5.91 Å². The van der Waals surface area contributed by atoms with Crippen LogP contribution >= 0.6 is 11.6 Å². The molecule has 0 bridgehead atoms. The molecule has 0 aliphatic heterocycles. The van der Waals surface area contributed by atoms with E-state index in [1.54, 1.807) is 32.9 Å². The van der Waals surface area contributed by atoms with Crippen LogP contribution in [0.5, 0.6) is 0 Å². The minimum atomic E-state index is -1.18. The van der Waals surface area contributed by atoms with Crippen LogP contribution in [0.15, 0.2) is 36.4 Å². The van der Waals surface area contributed by atoms with Crippen molar-refractivity contribution >= 4 is 41.1 Å². The number of carbonyl (C=O) groups excluding carboxylic acids is 4. The van der Waals surface area contributed by atoms with E-state index >= 15 is 0 Å². The smallest absolute Gasteiger partial charge is 0.408 e. The number of ether oxygens (including phenoxy) is 1. The summed E-state index contributed by atoms with van der Waals surface area (Å²) in [5.74, 6) is -1.25. The van der Waals surface area contributed by atoms with Crippen molar-refractivity contribution < 1.29 is 23.9 Å². The number of carbonyl (C=O) groups is 4. The van der Waals surface area contributed by atoms with Gasteiger partial charge in [-0.15, -0.1) is 0 Å². The van der Waals surface area contributed by atoms with Gasteiger partial charge in [-0.3, -0.25) is 14.4 Å². The highest BCUT2D eigenvalue weighted by Gasteiger charge is 2.39. The molecule has 9 nitrogen and oxygen atoms in total. The van der Waals surface area contributed by atoms with Crippen molar-refractivity contribution in [2.24, 2.45) is 11.7 Å². The summed E-state index contributed by atoms with van der Waals surface area (Å²) >= 11 is 6.49. The molecular weight excluding hydrogens is 580 g/mol. The van der Waals surface area contributed by atoms with Gasteiger partial charge in [0.2, 0.25) is 11.8 Å². The second-order valence-corrected chi connectivity index (χ2v) is 13.4. The number of hydrogen-bond acceptors (Lipinski definition) is 5. The monoisotopic (exact) mass is 628 g/mol. The Morgan fingerprint density at radius 1 is 0.955 bits per heavy atom. The van der Waals surface area contributed by atoms with E-state index in [4.69, 9.17) is 22.1 Å². The lowest BCUT2D eigenvalue weighted by molar-refractivity contribution is -0.143. The number of alkyl carbamates (subject to hydrolysis) is 1. The van der Waals surface area contributed by atoms with Gasteiger partial charge in [0.15, 0.2) is 0 Å². The van der Waals surface area contributed by atoms with Gasteiger partial charge in [0.1, 0.15) is 17.7 Å². The molecule has 0 radical (unpaired) electrons. The molecule has 2 aromatic carbocycles. The molecular formula is C34H49ClN4O5. The van der Waals surface area contributed by atoms with Crippen molar-refractivity contribution in [2.45, 2.75) is 112 Å². The minimum Gasteiger partial charge on any atom is -0.444 e. The zero-order valence-electron chi connectivity index (χ0n) is 27.5. The summed E-state index contributed by atoms with van der Waals surface area (Å²) in [5, 5.41) is 6.00. The van der Waals surface area contributed by atoms with Crippen molar-refractivity contribution in [3.8, 4) is 0 Å². The maximum Gasteiger partial charge on any atom is 0.408 e. The van der Waals surface area contributed by atoms with Gasteiger partial charge in [-0.25, -0.2) is 4.79 Å². The zero-order valence-corrected chi connectivity index (χ0v) is 28.3. The molecule has 0 heterocycles. The third-order valence-corrected chi connectivity index (χ3v) is 7.43. The zero-order chi connectivity index (χ0) is 33.4. The predicted octanol–water partition coefficient (Wildman–Crippen LogP) is 6.76. The van der Waals surface area contributed by atoms with Gasteiger partial charge in [0, 0.05) is 12.5 Å². The molecule has 2 rings (SSSR count). The highest BCUT2D eigenvalue weighted by atomic mass is 35.5. The van der Waals surface area contributed by atoms with E-state index in [9.17, 15) is 19.2 Å². The molecule has 242 valence electrons. The fourth-order valence-corrected chi connectivity index (χ4v) is 5.34. The molecule has 0 saturated carbocycles. The van der Waals surface area contributed by atoms with E-state index in [0.29, 0.717) is 28.6 Å². The van der Waals surface area contributed by atoms with Crippen molar-refractivity contribution in [1.82, 2.24) is 10.2 Å². The Morgan fingerprint density at radius 3 is 2.09 bits per heavy atom. The molecule has 3 atom stereocenters. The van der Waals surface area contributed by atoms with E-state index in [1.807, 2.05) is 52.0 Å². The lowest BCUT2D eigenvalue weighted by Gasteiger charge is -2.39. The van der Waals surface area contributed by atoms with Crippen LogP contribution in [0.1, 0.15) is 95.5 Å². The Bertz CT molecular complexity index is 1300. The van der Waals surface area contributed by atoms with Crippen molar-refractivity contribution in [2.75, 3.05) is 5.32 Å². The first-order valence-corrected chi connectivity index (χ1v) is 15.5. The van der Waals surface area contributed by atoms with E-state index in [-0.39, 0.29) is 12.8 Å². The summed E-state index contributed by atoms with van der Waals surface area (Å²) < 4.78 is 5.44. The Morgan fingerprint density at radius 2 is 1.57 bits per heavy atom. The number of amides is 4. The summed E-state index contributed by atoms with van der Waals surface area (Å²) in [6.45, 7) is 16.9. The SMILES string of the molecule is Cc1cc(C)cc(C(C(=O)Nc2c(C)cccc2Cl)N(C(=O)C(CCC(N)=O)NC(=O)OC(C)(C)C)C(C)CCC(C)C)c1. The van der Waals surface area contributed by atoms with E-state index in [0.717, 1.165) is 23.1 Å². The Hall–Kier alpha value is -3.59. The van der Waals surface area contributed by atoms with Crippen LogP contribution in [0.3, 0.4) is 0 Å². The number of hydrogen-bond donors (Lipinski definition) is 3. The highest BCUT2D eigenvalue weighted by molar-refractivity contribution is 6.34.